The Morgan fingerprint density at radius 1 is 1.00 bits per heavy atom. The van der Waals surface area contributed by atoms with Crippen LogP contribution < -0.4 is 5.73 Å². The van der Waals surface area contributed by atoms with Crippen molar-refractivity contribution in [2.24, 2.45) is 5.92 Å². The number of carbonyl (C=O) groups is 2. The van der Waals surface area contributed by atoms with Gasteiger partial charge < -0.3 is 15.2 Å². The highest BCUT2D eigenvalue weighted by Gasteiger charge is 2.23. The highest BCUT2D eigenvalue weighted by molar-refractivity contribution is 5.98. The van der Waals surface area contributed by atoms with Crippen LogP contribution in [0.5, 0.6) is 0 Å². The van der Waals surface area contributed by atoms with Crippen molar-refractivity contribution in [1.82, 2.24) is 0 Å². The third-order valence-corrected chi connectivity index (χ3v) is 4.17. The topological polar surface area (TPSA) is 78.6 Å². The minimum atomic E-state index is -0.487. The molecule has 26 heavy (non-hydrogen) atoms. The van der Waals surface area contributed by atoms with Crippen molar-refractivity contribution < 1.29 is 19.1 Å². The van der Waals surface area contributed by atoms with Crippen molar-refractivity contribution in [3.63, 3.8) is 0 Å². The Morgan fingerprint density at radius 3 is 2.12 bits per heavy atom. The molecule has 0 aliphatic heterocycles. The fraction of sp³-hybridized carbons (Fsp3) is 0.333. The number of carbonyl (C=O) groups excluding carboxylic acids is 2. The number of esters is 1. The number of Topliss-reactive ketones (excluding diaryl/α,β-unsaturated/α-hetero) is 1. The summed E-state index contributed by atoms with van der Waals surface area (Å²) in [6.07, 6.45) is 0.577. The standard InChI is InChI=1S/C21H25NO4/c1-3-26-21(24)18(12-13-25-2)14-20(23)17-6-4-15(5-7-17)16-8-10-19(22)11-9-16/h4-11,18H,3,12-14,22H2,1-2H3. The molecule has 2 aromatic rings. The summed E-state index contributed by atoms with van der Waals surface area (Å²) in [6, 6.07) is 14.9. The molecule has 0 spiro atoms. The average molecular weight is 355 g/mol. The second-order valence-corrected chi connectivity index (χ2v) is 6.06. The third kappa shape index (κ3) is 5.43. The molecule has 2 N–H and O–H groups in total. The van der Waals surface area contributed by atoms with E-state index in [1.54, 1.807) is 26.2 Å². The van der Waals surface area contributed by atoms with E-state index in [4.69, 9.17) is 15.2 Å². The Hall–Kier alpha value is -2.66. The Balaban J connectivity index is 2.07. The molecule has 138 valence electrons. The van der Waals surface area contributed by atoms with Gasteiger partial charge in [0.25, 0.3) is 0 Å². The number of nitrogen functional groups attached to an aromatic ring is 1. The SMILES string of the molecule is CCOC(=O)C(CCOC)CC(=O)c1ccc(-c2ccc(N)cc2)cc1. The molecule has 2 aromatic carbocycles. The van der Waals surface area contributed by atoms with E-state index in [1.165, 1.54) is 0 Å². The molecule has 0 heterocycles. The van der Waals surface area contributed by atoms with Crippen LogP contribution in [0.25, 0.3) is 11.1 Å². The predicted molar refractivity (Wildman–Crippen MR) is 102 cm³/mol. The molecule has 0 amide bonds. The van der Waals surface area contributed by atoms with Crippen LogP contribution in [0.2, 0.25) is 0 Å². The Morgan fingerprint density at radius 2 is 1.58 bits per heavy atom. The van der Waals surface area contributed by atoms with E-state index in [0.29, 0.717) is 30.9 Å². The highest BCUT2D eigenvalue weighted by atomic mass is 16.5. The van der Waals surface area contributed by atoms with Crippen LogP contribution >= 0.6 is 0 Å². The smallest absolute Gasteiger partial charge is 0.309 e. The van der Waals surface area contributed by atoms with Gasteiger partial charge in [0.15, 0.2) is 5.78 Å². The van der Waals surface area contributed by atoms with Gasteiger partial charge in [0.05, 0.1) is 12.5 Å². The summed E-state index contributed by atoms with van der Waals surface area (Å²) in [5, 5.41) is 0. The first-order valence-electron chi connectivity index (χ1n) is 8.70. The number of hydrogen-bond donors (Lipinski definition) is 1. The lowest BCUT2D eigenvalue weighted by molar-refractivity contribution is -0.148. The van der Waals surface area contributed by atoms with E-state index in [1.807, 2.05) is 36.4 Å². The monoisotopic (exact) mass is 355 g/mol. The van der Waals surface area contributed by atoms with Crippen LogP contribution in [0.15, 0.2) is 48.5 Å². The molecule has 2 rings (SSSR count). The van der Waals surface area contributed by atoms with Crippen molar-refractivity contribution in [3.05, 3.63) is 54.1 Å². The van der Waals surface area contributed by atoms with Crippen molar-refractivity contribution in [2.75, 3.05) is 26.1 Å². The quantitative estimate of drug-likeness (QED) is 0.421. The number of hydrogen-bond acceptors (Lipinski definition) is 5. The summed E-state index contributed by atoms with van der Waals surface area (Å²) in [5.74, 6) is -0.918. The van der Waals surface area contributed by atoms with Gasteiger partial charge in [-0.05, 0) is 36.6 Å². The largest absolute Gasteiger partial charge is 0.466 e. The van der Waals surface area contributed by atoms with Crippen LogP contribution in [0, 0.1) is 5.92 Å². The highest BCUT2D eigenvalue weighted by Crippen LogP contribution is 2.22. The maximum atomic E-state index is 12.6. The molecule has 0 aromatic heterocycles. The maximum absolute atomic E-state index is 12.6. The molecule has 0 bridgehead atoms. The molecular formula is C21H25NO4. The van der Waals surface area contributed by atoms with Gasteiger partial charge in [-0.25, -0.2) is 0 Å². The normalized spacial score (nSPS) is 11.8. The Labute approximate surface area is 154 Å². The molecule has 0 fully saturated rings. The van der Waals surface area contributed by atoms with Crippen molar-refractivity contribution in [1.29, 1.82) is 0 Å². The number of benzene rings is 2. The number of anilines is 1. The lowest BCUT2D eigenvalue weighted by atomic mass is 9.94. The number of methoxy groups -OCH3 is 1. The Bertz CT molecular complexity index is 723. The van der Waals surface area contributed by atoms with Gasteiger partial charge in [0.2, 0.25) is 0 Å². The maximum Gasteiger partial charge on any atom is 0.309 e. The first kappa shape index (κ1) is 19.7. The molecule has 0 radical (unpaired) electrons. The minimum absolute atomic E-state index is 0.0805. The second kappa shape index (κ2) is 9.73. The lowest BCUT2D eigenvalue weighted by Crippen LogP contribution is -2.22. The molecule has 5 heteroatoms. The average Bonchev–Trinajstić information content (AvgIpc) is 2.66. The third-order valence-electron chi connectivity index (χ3n) is 4.17. The minimum Gasteiger partial charge on any atom is -0.466 e. The molecular weight excluding hydrogens is 330 g/mol. The first-order chi connectivity index (χ1) is 12.5. The van der Waals surface area contributed by atoms with Gasteiger partial charge in [-0.3, -0.25) is 9.59 Å². The van der Waals surface area contributed by atoms with Crippen molar-refractivity contribution >= 4 is 17.4 Å². The fourth-order valence-corrected chi connectivity index (χ4v) is 2.69. The molecule has 1 unspecified atom stereocenters. The first-order valence-corrected chi connectivity index (χ1v) is 8.70. The summed E-state index contributed by atoms with van der Waals surface area (Å²) in [7, 11) is 1.57. The summed E-state index contributed by atoms with van der Waals surface area (Å²) in [5.41, 5.74) is 9.03. The molecule has 5 nitrogen and oxygen atoms in total. The zero-order chi connectivity index (χ0) is 18.9. The van der Waals surface area contributed by atoms with Crippen molar-refractivity contribution in [2.45, 2.75) is 19.8 Å². The second-order valence-electron chi connectivity index (χ2n) is 6.06. The van der Waals surface area contributed by atoms with Crippen molar-refractivity contribution in [3.8, 4) is 11.1 Å². The zero-order valence-electron chi connectivity index (χ0n) is 15.2. The van der Waals surface area contributed by atoms with Crippen LogP contribution in [0.3, 0.4) is 0 Å². The number of ether oxygens (including phenoxy) is 2. The van der Waals surface area contributed by atoms with Crippen LogP contribution in [-0.4, -0.2) is 32.1 Å². The molecule has 0 saturated heterocycles. The van der Waals surface area contributed by atoms with Crippen LogP contribution in [-0.2, 0) is 14.3 Å². The zero-order valence-corrected chi connectivity index (χ0v) is 15.2. The molecule has 1 atom stereocenters. The van der Waals surface area contributed by atoms with Gasteiger partial charge >= 0.3 is 5.97 Å². The molecule has 0 aliphatic rings. The van der Waals surface area contributed by atoms with E-state index in [0.717, 1.165) is 11.1 Å². The number of ketones is 1. The summed E-state index contributed by atoms with van der Waals surface area (Å²) in [6.45, 7) is 2.46. The van der Waals surface area contributed by atoms with Gasteiger partial charge in [-0.2, -0.15) is 0 Å². The summed E-state index contributed by atoms with van der Waals surface area (Å²) in [4.78, 5) is 24.6. The lowest BCUT2D eigenvalue weighted by Gasteiger charge is -2.14. The predicted octanol–water partition coefficient (Wildman–Crippen LogP) is 3.72. The summed E-state index contributed by atoms with van der Waals surface area (Å²) >= 11 is 0. The van der Waals surface area contributed by atoms with Crippen LogP contribution in [0.4, 0.5) is 5.69 Å². The van der Waals surface area contributed by atoms with E-state index in [-0.39, 0.29) is 18.2 Å². The summed E-state index contributed by atoms with van der Waals surface area (Å²) < 4.78 is 10.1. The molecule has 0 saturated carbocycles. The fourth-order valence-electron chi connectivity index (χ4n) is 2.69. The van der Waals surface area contributed by atoms with E-state index in [2.05, 4.69) is 0 Å². The molecule has 0 aliphatic carbocycles. The van der Waals surface area contributed by atoms with Gasteiger partial charge in [0, 0.05) is 31.4 Å². The van der Waals surface area contributed by atoms with Gasteiger partial charge in [0.1, 0.15) is 0 Å². The Kier molecular flexibility index (Phi) is 7.36. The van der Waals surface area contributed by atoms with Gasteiger partial charge in [-0.1, -0.05) is 36.4 Å². The van der Waals surface area contributed by atoms with Gasteiger partial charge in [-0.15, -0.1) is 0 Å². The number of rotatable bonds is 9. The van der Waals surface area contributed by atoms with E-state index >= 15 is 0 Å². The number of nitrogens with two attached hydrogens (primary N) is 1. The van der Waals surface area contributed by atoms with E-state index < -0.39 is 5.92 Å². The van der Waals surface area contributed by atoms with E-state index in [9.17, 15) is 9.59 Å². The van der Waals surface area contributed by atoms with Crippen LogP contribution in [0.1, 0.15) is 30.1 Å².